The number of aliphatic imine (C=N–C) groups is 1. The number of hydrazone groups is 1. The maximum absolute atomic E-state index is 12.9. The van der Waals surface area contributed by atoms with E-state index in [2.05, 4.69) is 53.6 Å². The number of fused-ring (bicyclic) bond motifs is 1. The van der Waals surface area contributed by atoms with Crippen molar-refractivity contribution in [3.8, 4) is 5.69 Å². The van der Waals surface area contributed by atoms with E-state index < -0.39 is 5.91 Å². The van der Waals surface area contributed by atoms with Crippen LogP contribution in [0.5, 0.6) is 0 Å². The third kappa shape index (κ3) is 3.64. The molecule has 2 aliphatic heterocycles. The molecule has 164 valence electrons. The zero-order valence-corrected chi connectivity index (χ0v) is 19.7. The first-order valence-electron chi connectivity index (χ1n) is 10.7. The molecule has 0 saturated heterocycles. The number of amidine groups is 2. The lowest BCUT2D eigenvalue weighted by atomic mass is 10.1. The third-order valence-corrected chi connectivity index (χ3v) is 6.81. The lowest BCUT2D eigenvalue weighted by Crippen LogP contribution is -2.35. The molecule has 33 heavy (non-hydrogen) atoms. The van der Waals surface area contributed by atoms with Gasteiger partial charge >= 0.3 is 0 Å². The van der Waals surface area contributed by atoms with Gasteiger partial charge in [0, 0.05) is 22.6 Å². The highest BCUT2D eigenvalue weighted by Gasteiger charge is 2.36. The number of aromatic nitrogens is 1. The number of rotatable bonds is 3. The Morgan fingerprint density at radius 3 is 2.52 bits per heavy atom. The second-order valence-electron chi connectivity index (χ2n) is 8.24. The van der Waals surface area contributed by atoms with Crippen LogP contribution in [0.15, 0.2) is 70.3 Å². The summed E-state index contributed by atoms with van der Waals surface area (Å²) in [5.74, 6) is -0.375. The molecule has 2 aromatic carbocycles. The van der Waals surface area contributed by atoms with Gasteiger partial charge in [-0.1, -0.05) is 42.5 Å². The molecule has 1 N–H and O–H groups in total. The number of amides is 1. The van der Waals surface area contributed by atoms with Crippen molar-refractivity contribution in [3.63, 3.8) is 0 Å². The second-order valence-corrected chi connectivity index (χ2v) is 9.20. The first-order chi connectivity index (χ1) is 15.8. The van der Waals surface area contributed by atoms with E-state index in [-0.39, 0.29) is 11.4 Å². The number of carbonyl (C=O) groups excluding carboxylic acids is 1. The Balaban J connectivity index is 1.54. The molecule has 6 nitrogen and oxygen atoms in total. The third-order valence-electron chi connectivity index (χ3n) is 5.85. The van der Waals surface area contributed by atoms with Gasteiger partial charge < -0.3 is 4.57 Å². The normalized spacial score (nSPS) is 16.8. The highest BCUT2D eigenvalue weighted by molar-refractivity contribution is 8.27. The summed E-state index contributed by atoms with van der Waals surface area (Å²) in [6, 6.07) is 18.1. The molecule has 7 heteroatoms. The number of thioether (sulfide) groups is 1. The zero-order chi connectivity index (χ0) is 23.3. The van der Waals surface area contributed by atoms with E-state index in [1.165, 1.54) is 27.9 Å². The highest BCUT2D eigenvalue weighted by atomic mass is 32.2. The summed E-state index contributed by atoms with van der Waals surface area (Å²) >= 11 is 1.31. The fraction of sp³-hybridized carbons (Fsp3) is 0.154. The van der Waals surface area contributed by atoms with Crippen molar-refractivity contribution in [2.75, 3.05) is 0 Å². The smallest absolute Gasteiger partial charge is 0.283 e. The van der Waals surface area contributed by atoms with Crippen molar-refractivity contribution < 1.29 is 4.79 Å². The molecule has 5 rings (SSSR count). The molecule has 0 unspecified atom stereocenters. The minimum Gasteiger partial charge on any atom is -0.318 e. The van der Waals surface area contributed by atoms with Gasteiger partial charge in [0.05, 0.1) is 5.57 Å². The van der Waals surface area contributed by atoms with E-state index in [4.69, 9.17) is 5.41 Å². The Hall–Kier alpha value is -3.71. The Labute approximate surface area is 196 Å². The van der Waals surface area contributed by atoms with Crippen LogP contribution in [0.3, 0.4) is 0 Å². The number of nitrogens with zero attached hydrogens (tertiary/aromatic N) is 4. The quantitative estimate of drug-likeness (QED) is 0.541. The molecule has 0 atom stereocenters. The summed E-state index contributed by atoms with van der Waals surface area (Å²) in [6.07, 6.45) is 1.76. The number of hydrogen-bond donors (Lipinski definition) is 1. The van der Waals surface area contributed by atoms with E-state index >= 15 is 0 Å². The summed E-state index contributed by atoms with van der Waals surface area (Å²) in [7, 11) is 0. The molecular formula is C26H23N5OS. The van der Waals surface area contributed by atoms with Crippen LogP contribution in [-0.2, 0) is 4.79 Å². The van der Waals surface area contributed by atoms with Crippen molar-refractivity contribution in [1.29, 1.82) is 5.41 Å². The van der Waals surface area contributed by atoms with Gasteiger partial charge in [-0.2, -0.15) is 15.1 Å². The van der Waals surface area contributed by atoms with Crippen LogP contribution in [0.4, 0.5) is 0 Å². The summed E-state index contributed by atoms with van der Waals surface area (Å²) in [5, 5.41) is 15.8. The molecule has 3 heterocycles. The van der Waals surface area contributed by atoms with Crippen LogP contribution < -0.4 is 0 Å². The van der Waals surface area contributed by atoms with Gasteiger partial charge in [-0.3, -0.25) is 10.2 Å². The fourth-order valence-electron chi connectivity index (χ4n) is 4.11. The SMILES string of the molecule is Cc1ccc(C)c(-n2c(C)cc(/C=C3\C(=N)N4N=C(c5ccccc5)SC4=NC3=O)c2C)c1. The van der Waals surface area contributed by atoms with Gasteiger partial charge in [0.1, 0.15) is 5.04 Å². The van der Waals surface area contributed by atoms with E-state index in [0.29, 0.717) is 5.17 Å². The average molecular weight is 454 g/mol. The Morgan fingerprint density at radius 1 is 1.00 bits per heavy atom. The van der Waals surface area contributed by atoms with Crippen LogP contribution in [0.25, 0.3) is 11.8 Å². The van der Waals surface area contributed by atoms with Crippen molar-refractivity contribution in [2.24, 2.45) is 10.1 Å². The van der Waals surface area contributed by atoms with Gasteiger partial charge in [-0.15, -0.1) is 0 Å². The van der Waals surface area contributed by atoms with Crippen LogP contribution >= 0.6 is 11.8 Å². The molecule has 1 aromatic heterocycles. The summed E-state index contributed by atoms with van der Waals surface area (Å²) in [4.78, 5) is 17.1. The summed E-state index contributed by atoms with van der Waals surface area (Å²) in [6.45, 7) is 8.25. The Morgan fingerprint density at radius 2 is 1.76 bits per heavy atom. The van der Waals surface area contributed by atoms with Crippen molar-refractivity contribution in [1.82, 2.24) is 9.58 Å². The molecule has 2 aliphatic rings. The molecule has 1 amide bonds. The molecule has 3 aromatic rings. The average Bonchev–Trinajstić information content (AvgIpc) is 3.34. The predicted octanol–water partition coefficient (Wildman–Crippen LogP) is 5.38. The summed E-state index contributed by atoms with van der Waals surface area (Å²) < 4.78 is 2.19. The molecule has 0 saturated carbocycles. The van der Waals surface area contributed by atoms with E-state index in [9.17, 15) is 4.79 Å². The monoisotopic (exact) mass is 453 g/mol. The molecule has 0 fully saturated rings. The largest absolute Gasteiger partial charge is 0.318 e. The Kier molecular flexibility index (Phi) is 5.13. The van der Waals surface area contributed by atoms with E-state index in [1.54, 1.807) is 6.08 Å². The van der Waals surface area contributed by atoms with Gasteiger partial charge in [0.25, 0.3) is 5.91 Å². The van der Waals surface area contributed by atoms with Crippen molar-refractivity contribution in [3.05, 3.63) is 93.8 Å². The van der Waals surface area contributed by atoms with Gasteiger partial charge in [0.15, 0.2) is 5.84 Å². The molecule has 0 spiro atoms. The molecule has 0 radical (unpaired) electrons. The first kappa shape index (κ1) is 21.2. The van der Waals surface area contributed by atoms with Crippen molar-refractivity contribution >= 4 is 39.8 Å². The van der Waals surface area contributed by atoms with Crippen molar-refractivity contribution in [2.45, 2.75) is 27.7 Å². The van der Waals surface area contributed by atoms with Crippen LogP contribution in [-0.4, -0.2) is 31.5 Å². The molecule has 0 aliphatic carbocycles. The van der Waals surface area contributed by atoms with Crippen LogP contribution in [0, 0.1) is 33.1 Å². The fourth-order valence-corrected chi connectivity index (χ4v) is 5.01. The lowest BCUT2D eigenvalue weighted by Gasteiger charge is -2.20. The maximum Gasteiger partial charge on any atom is 0.283 e. The topological polar surface area (TPSA) is 73.8 Å². The highest BCUT2D eigenvalue weighted by Crippen LogP contribution is 2.32. The minimum absolute atomic E-state index is 0.0416. The maximum atomic E-state index is 12.9. The van der Waals surface area contributed by atoms with E-state index in [1.807, 2.05) is 43.3 Å². The lowest BCUT2D eigenvalue weighted by molar-refractivity contribution is -0.114. The van der Waals surface area contributed by atoms with Gasteiger partial charge in [-0.25, -0.2) is 0 Å². The number of hydrogen-bond acceptors (Lipinski definition) is 4. The second kappa shape index (κ2) is 8.01. The van der Waals surface area contributed by atoms with Crippen LogP contribution in [0.1, 0.15) is 33.6 Å². The van der Waals surface area contributed by atoms with Gasteiger partial charge in [0.2, 0.25) is 5.17 Å². The number of carbonyl (C=O) groups is 1. The summed E-state index contributed by atoms with van der Waals surface area (Å²) in [5.41, 5.74) is 7.61. The number of aryl methyl sites for hydroxylation is 3. The molecule has 0 bridgehead atoms. The minimum atomic E-state index is -0.417. The number of benzene rings is 2. The standard InChI is InChI=1S/C26H23N5OS/c1-15-10-11-16(2)22(12-15)30-17(3)13-20(18(30)4)14-21-23(27)31-26(28-24(21)32)33-25(29-31)19-8-6-5-7-9-19/h5-14,27H,1-4H3/b21-14+,27-23?. The molecular weight excluding hydrogens is 430 g/mol. The predicted molar refractivity (Wildman–Crippen MR) is 135 cm³/mol. The van der Waals surface area contributed by atoms with Gasteiger partial charge in [-0.05, 0) is 74.4 Å². The van der Waals surface area contributed by atoms with E-state index in [0.717, 1.165) is 33.2 Å². The number of nitrogens with one attached hydrogen (secondary N) is 1. The van der Waals surface area contributed by atoms with Crippen LogP contribution in [0.2, 0.25) is 0 Å². The first-order valence-corrected chi connectivity index (χ1v) is 11.5. The Bertz CT molecular complexity index is 1410. The zero-order valence-electron chi connectivity index (χ0n) is 18.9.